The van der Waals surface area contributed by atoms with E-state index in [0.29, 0.717) is 17.4 Å². The third-order valence-electron chi connectivity index (χ3n) is 5.78. The predicted molar refractivity (Wildman–Crippen MR) is 119 cm³/mol. The van der Waals surface area contributed by atoms with Crippen LogP contribution >= 0.6 is 0 Å². The fourth-order valence-electron chi connectivity index (χ4n) is 3.88. The Labute approximate surface area is 178 Å². The van der Waals surface area contributed by atoms with Crippen molar-refractivity contribution in [3.63, 3.8) is 0 Å². The predicted octanol–water partition coefficient (Wildman–Crippen LogP) is 5.03. The minimum absolute atomic E-state index is 0.0572. The smallest absolute Gasteiger partial charge is 0.253 e. The van der Waals surface area contributed by atoms with Gasteiger partial charge in [0.25, 0.3) is 5.91 Å². The molecule has 1 N–H and O–H groups in total. The van der Waals surface area contributed by atoms with Gasteiger partial charge in [-0.3, -0.25) is 9.89 Å². The molecule has 1 aliphatic heterocycles. The van der Waals surface area contributed by atoms with Gasteiger partial charge in [0.1, 0.15) is 0 Å². The van der Waals surface area contributed by atoms with E-state index in [2.05, 4.69) is 41.4 Å². The molecule has 0 spiro atoms. The van der Waals surface area contributed by atoms with Crippen LogP contribution in [-0.2, 0) is 0 Å². The highest BCUT2D eigenvalue weighted by atomic mass is 16.5. The van der Waals surface area contributed by atoms with E-state index in [0.717, 1.165) is 35.5 Å². The molecule has 0 radical (unpaired) electrons. The molecule has 156 valence electrons. The average molecular weight is 404 g/mol. The van der Waals surface area contributed by atoms with Crippen LogP contribution in [0.3, 0.4) is 0 Å². The van der Waals surface area contributed by atoms with E-state index in [9.17, 15) is 4.79 Å². The number of hydrogen-bond acceptors (Lipinski definition) is 3. The maximum atomic E-state index is 13.1. The van der Waals surface area contributed by atoms with Crippen LogP contribution in [0, 0.1) is 20.8 Å². The summed E-state index contributed by atoms with van der Waals surface area (Å²) in [7, 11) is 0. The van der Waals surface area contributed by atoms with E-state index < -0.39 is 0 Å². The van der Waals surface area contributed by atoms with Crippen LogP contribution < -0.4 is 4.74 Å². The number of ether oxygens (including phenoxy) is 1. The summed E-state index contributed by atoms with van der Waals surface area (Å²) in [5, 5.41) is 7.41. The Bertz CT molecular complexity index is 1060. The lowest BCUT2D eigenvalue weighted by atomic mass is 9.90. The minimum atomic E-state index is 0.0572. The van der Waals surface area contributed by atoms with Gasteiger partial charge in [0.15, 0.2) is 0 Å². The zero-order chi connectivity index (χ0) is 21.4. The molecule has 1 saturated heterocycles. The largest absolute Gasteiger partial charge is 0.474 e. The van der Waals surface area contributed by atoms with Gasteiger partial charge in [0.2, 0.25) is 5.88 Å². The van der Waals surface area contributed by atoms with Crippen molar-refractivity contribution in [1.82, 2.24) is 15.1 Å². The number of aryl methyl sites for hydroxylation is 2. The molecule has 5 nitrogen and oxygen atoms in total. The summed E-state index contributed by atoms with van der Waals surface area (Å²) in [6.07, 6.45) is 0.0572. The highest BCUT2D eigenvalue weighted by molar-refractivity contribution is 5.96. The molecule has 2 aromatic carbocycles. The van der Waals surface area contributed by atoms with Gasteiger partial charge >= 0.3 is 0 Å². The first-order chi connectivity index (χ1) is 14.3. The van der Waals surface area contributed by atoms with Gasteiger partial charge in [-0.05, 0) is 57.9 Å². The molecular weight excluding hydrogens is 374 g/mol. The molecule has 0 unspecified atom stereocenters. The number of carbonyl (C=O) groups is 1. The van der Waals surface area contributed by atoms with Gasteiger partial charge < -0.3 is 9.64 Å². The Hall–Kier alpha value is -3.08. The first-order valence-corrected chi connectivity index (χ1v) is 10.5. The van der Waals surface area contributed by atoms with Crippen LogP contribution in [0.15, 0.2) is 42.5 Å². The number of hydrogen-bond donors (Lipinski definition) is 1. The first kappa shape index (κ1) is 20.2. The molecule has 2 heterocycles. The minimum Gasteiger partial charge on any atom is -0.474 e. The van der Waals surface area contributed by atoms with Gasteiger partial charge in [-0.25, -0.2) is 0 Å². The number of carbonyl (C=O) groups excluding carboxylic acids is 1. The van der Waals surface area contributed by atoms with Crippen molar-refractivity contribution in [1.29, 1.82) is 0 Å². The van der Waals surface area contributed by atoms with Gasteiger partial charge in [0, 0.05) is 35.7 Å². The maximum Gasteiger partial charge on any atom is 0.253 e. The zero-order valence-electron chi connectivity index (χ0n) is 18.3. The molecule has 30 heavy (non-hydrogen) atoms. The van der Waals surface area contributed by atoms with Crippen molar-refractivity contribution in [3.8, 4) is 17.1 Å². The monoisotopic (exact) mass is 403 g/mol. The van der Waals surface area contributed by atoms with Crippen LogP contribution in [0.5, 0.6) is 5.88 Å². The topological polar surface area (TPSA) is 58.2 Å². The number of rotatable bonds is 5. The number of nitrogens with one attached hydrogen (secondary N) is 1. The first-order valence-electron chi connectivity index (χ1n) is 10.5. The molecule has 1 fully saturated rings. The van der Waals surface area contributed by atoms with Crippen molar-refractivity contribution in [2.45, 2.75) is 46.6 Å². The van der Waals surface area contributed by atoms with Crippen molar-refractivity contribution < 1.29 is 9.53 Å². The van der Waals surface area contributed by atoms with Crippen molar-refractivity contribution in [3.05, 3.63) is 70.3 Å². The fraction of sp³-hybridized carbons (Fsp3) is 0.360. The third-order valence-corrected chi connectivity index (χ3v) is 5.78. The highest BCUT2D eigenvalue weighted by Gasteiger charge is 2.32. The second kappa shape index (κ2) is 7.98. The molecule has 3 aromatic rings. The fourth-order valence-corrected chi connectivity index (χ4v) is 3.88. The van der Waals surface area contributed by atoms with Crippen LogP contribution in [0.2, 0.25) is 0 Å². The molecule has 4 rings (SSSR count). The summed E-state index contributed by atoms with van der Waals surface area (Å²) < 4.78 is 5.77. The number of benzene rings is 2. The highest BCUT2D eigenvalue weighted by Crippen LogP contribution is 2.33. The second-order valence-electron chi connectivity index (χ2n) is 8.54. The van der Waals surface area contributed by atoms with Crippen molar-refractivity contribution in [2.75, 3.05) is 13.1 Å². The molecule has 0 bridgehead atoms. The number of amides is 1. The molecule has 0 aliphatic carbocycles. The quantitative estimate of drug-likeness (QED) is 0.650. The summed E-state index contributed by atoms with van der Waals surface area (Å²) in [5.41, 5.74) is 7.21. The maximum absolute atomic E-state index is 13.1. The van der Waals surface area contributed by atoms with E-state index in [-0.39, 0.29) is 12.0 Å². The van der Waals surface area contributed by atoms with Gasteiger partial charge in [-0.1, -0.05) is 35.9 Å². The molecule has 0 atom stereocenters. The molecule has 5 heteroatoms. The van der Waals surface area contributed by atoms with Crippen LogP contribution in [0.1, 0.15) is 52.4 Å². The third kappa shape index (κ3) is 3.84. The number of aromatic amines is 1. The van der Waals surface area contributed by atoms with E-state index in [1.54, 1.807) is 0 Å². The number of likely N-dealkylation sites (tertiary alicyclic amines) is 1. The summed E-state index contributed by atoms with van der Waals surface area (Å²) in [6.45, 7) is 11.6. The second-order valence-corrected chi connectivity index (χ2v) is 8.54. The Morgan fingerprint density at radius 2 is 1.80 bits per heavy atom. The summed E-state index contributed by atoms with van der Waals surface area (Å²) in [5.74, 6) is 1.11. The standard InChI is InChI=1S/C25H29N3O2/c1-15(2)30-24-18(5)23(26-27-24)22-12-20(11-8-17(22)4)25(29)28-13-21(14-28)19-9-6-16(3)7-10-19/h6-12,15,21H,13-14H2,1-5H3,(H,26,27). The lowest BCUT2D eigenvalue weighted by Gasteiger charge is -2.39. The number of aromatic nitrogens is 2. The molecule has 1 aliphatic rings. The Morgan fingerprint density at radius 1 is 1.10 bits per heavy atom. The van der Waals surface area contributed by atoms with Gasteiger partial charge in [0.05, 0.1) is 11.8 Å². The van der Waals surface area contributed by atoms with E-state index in [4.69, 9.17) is 4.74 Å². The normalized spacial score (nSPS) is 14.1. The molecular formula is C25H29N3O2. The van der Waals surface area contributed by atoms with E-state index in [1.165, 1.54) is 11.1 Å². The van der Waals surface area contributed by atoms with Crippen LogP contribution in [-0.4, -0.2) is 40.2 Å². The summed E-state index contributed by atoms with van der Waals surface area (Å²) in [6, 6.07) is 14.5. The van der Waals surface area contributed by atoms with Gasteiger partial charge in [-0.15, -0.1) is 5.10 Å². The van der Waals surface area contributed by atoms with Crippen molar-refractivity contribution >= 4 is 5.91 Å². The Kier molecular flexibility index (Phi) is 5.37. The Morgan fingerprint density at radius 3 is 2.47 bits per heavy atom. The molecule has 0 saturated carbocycles. The van der Waals surface area contributed by atoms with Gasteiger partial charge in [-0.2, -0.15) is 0 Å². The summed E-state index contributed by atoms with van der Waals surface area (Å²) in [4.78, 5) is 15.0. The van der Waals surface area contributed by atoms with E-state index >= 15 is 0 Å². The molecule has 1 aromatic heterocycles. The lowest BCUT2D eigenvalue weighted by Crippen LogP contribution is -2.48. The van der Waals surface area contributed by atoms with E-state index in [1.807, 2.05) is 50.8 Å². The molecule has 1 amide bonds. The lowest BCUT2D eigenvalue weighted by molar-refractivity contribution is 0.0602. The summed E-state index contributed by atoms with van der Waals surface area (Å²) >= 11 is 0. The SMILES string of the molecule is Cc1ccc(C2CN(C(=O)c3ccc(C)c(-c4[nH]nc(OC(C)C)c4C)c3)C2)cc1. The number of nitrogens with zero attached hydrogens (tertiary/aromatic N) is 2. The number of H-pyrrole nitrogens is 1. The van der Waals surface area contributed by atoms with Crippen molar-refractivity contribution in [2.24, 2.45) is 0 Å². The average Bonchev–Trinajstić information content (AvgIpc) is 3.02. The Balaban J connectivity index is 1.52. The van der Waals surface area contributed by atoms with Crippen LogP contribution in [0.4, 0.5) is 0 Å². The zero-order valence-corrected chi connectivity index (χ0v) is 18.3. The van der Waals surface area contributed by atoms with Crippen LogP contribution in [0.25, 0.3) is 11.3 Å².